The van der Waals surface area contributed by atoms with E-state index in [0.29, 0.717) is 0 Å². The maximum atomic E-state index is 11.9. The first-order valence-electron chi connectivity index (χ1n) is 6.61. The van der Waals surface area contributed by atoms with Crippen molar-refractivity contribution in [2.75, 3.05) is 6.54 Å². The lowest BCUT2D eigenvalue weighted by Crippen LogP contribution is -2.61. The molecule has 19 heavy (non-hydrogen) atoms. The van der Waals surface area contributed by atoms with Gasteiger partial charge in [0, 0.05) is 11.5 Å². The Morgan fingerprint density at radius 1 is 1.42 bits per heavy atom. The third-order valence-electron chi connectivity index (χ3n) is 3.48. The molecule has 0 aromatic rings. The molecule has 0 aromatic heterocycles. The average Bonchev–Trinajstić information content (AvgIpc) is 2.17. The first-order chi connectivity index (χ1) is 8.68. The SMILES string of the molecule is CC(C)(C)OC(=O)NC1(C(CN)CC(=O)O)CCC1. The number of carbonyl (C=O) groups excluding carboxylic acids is 1. The van der Waals surface area contributed by atoms with E-state index in [1.807, 2.05) is 0 Å². The summed E-state index contributed by atoms with van der Waals surface area (Å²) in [7, 11) is 0. The van der Waals surface area contributed by atoms with Crippen molar-refractivity contribution >= 4 is 12.1 Å². The number of carboxylic acid groups (broad SMARTS) is 1. The van der Waals surface area contributed by atoms with Crippen molar-refractivity contribution in [3.8, 4) is 0 Å². The molecule has 1 atom stereocenters. The van der Waals surface area contributed by atoms with E-state index < -0.39 is 23.2 Å². The Bertz CT molecular complexity index is 345. The lowest BCUT2D eigenvalue weighted by molar-refractivity contribution is -0.139. The third kappa shape index (κ3) is 4.38. The highest BCUT2D eigenvalue weighted by atomic mass is 16.6. The monoisotopic (exact) mass is 272 g/mol. The summed E-state index contributed by atoms with van der Waals surface area (Å²) in [4.78, 5) is 22.7. The van der Waals surface area contributed by atoms with E-state index in [2.05, 4.69) is 5.32 Å². The highest BCUT2D eigenvalue weighted by Gasteiger charge is 2.46. The fraction of sp³-hybridized carbons (Fsp3) is 0.846. The van der Waals surface area contributed by atoms with Crippen LogP contribution in [0.3, 0.4) is 0 Å². The molecule has 110 valence electrons. The summed E-state index contributed by atoms with van der Waals surface area (Å²) in [6, 6.07) is 0. The molecular weight excluding hydrogens is 248 g/mol. The molecule has 0 saturated heterocycles. The first kappa shape index (κ1) is 15.8. The molecule has 1 aliphatic carbocycles. The second-order valence-corrected chi connectivity index (χ2v) is 6.17. The summed E-state index contributed by atoms with van der Waals surface area (Å²) in [6.45, 7) is 5.61. The van der Waals surface area contributed by atoms with Crippen molar-refractivity contribution in [1.82, 2.24) is 5.32 Å². The predicted octanol–water partition coefficient (Wildman–Crippen LogP) is 1.48. The summed E-state index contributed by atoms with van der Waals surface area (Å²) < 4.78 is 5.23. The molecule has 0 aliphatic heterocycles. The quantitative estimate of drug-likeness (QED) is 0.703. The average molecular weight is 272 g/mol. The molecule has 1 saturated carbocycles. The van der Waals surface area contributed by atoms with Crippen LogP contribution in [0.2, 0.25) is 0 Å². The van der Waals surface area contributed by atoms with Gasteiger partial charge in [0.15, 0.2) is 0 Å². The number of carboxylic acids is 1. The molecule has 4 N–H and O–H groups in total. The van der Waals surface area contributed by atoms with Crippen molar-refractivity contribution in [1.29, 1.82) is 0 Å². The summed E-state index contributed by atoms with van der Waals surface area (Å²) in [5.41, 5.74) is 4.58. The number of hydrogen-bond acceptors (Lipinski definition) is 4. The normalized spacial score (nSPS) is 19.2. The standard InChI is InChI=1S/C13H24N2O4/c1-12(2,3)19-11(18)15-13(5-4-6-13)9(8-14)7-10(16)17/h9H,4-8,14H2,1-3H3,(H,15,18)(H,16,17). The van der Waals surface area contributed by atoms with Crippen molar-refractivity contribution in [2.45, 2.75) is 57.6 Å². The number of amides is 1. The Kier molecular flexibility index (Phi) is 4.79. The van der Waals surface area contributed by atoms with Gasteiger partial charge < -0.3 is 20.9 Å². The Hall–Kier alpha value is -1.30. The van der Waals surface area contributed by atoms with Gasteiger partial charge in [-0.05, 0) is 46.6 Å². The maximum absolute atomic E-state index is 11.9. The van der Waals surface area contributed by atoms with Gasteiger partial charge in [-0.1, -0.05) is 0 Å². The number of alkyl carbamates (subject to hydrolysis) is 1. The summed E-state index contributed by atoms with van der Waals surface area (Å²) in [5, 5.41) is 11.8. The number of nitrogens with two attached hydrogens (primary N) is 1. The van der Waals surface area contributed by atoms with E-state index in [1.165, 1.54) is 0 Å². The molecule has 0 bridgehead atoms. The Balaban J connectivity index is 2.69. The van der Waals surface area contributed by atoms with Crippen molar-refractivity contribution in [3.05, 3.63) is 0 Å². The molecule has 1 unspecified atom stereocenters. The molecule has 1 aliphatic rings. The number of rotatable bonds is 5. The Morgan fingerprint density at radius 3 is 2.32 bits per heavy atom. The highest BCUT2D eigenvalue weighted by Crippen LogP contribution is 2.39. The molecule has 6 nitrogen and oxygen atoms in total. The van der Waals surface area contributed by atoms with Gasteiger partial charge >= 0.3 is 12.1 Å². The largest absolute Gasteiger partial charge is 0.481 e. The molecule has 6 heteroatoms. The zero-order valence-corrected chi connectivity index (χ0v) is 11.9. The predicted molar refractivity (Wildman–Crippen MR) is 70.7 cm³/mol. The molecule has 1 amide bonds. The van der Waals surface area contributed by atoms with E-state index in [1.54, 1.807) is 20.8 Å². The number of aliphatic carboxylic acids is 1. The minimum absolute atomic E-state index is 0.0354. The van der Waals surface area contributed by atoms with Crippen LogP contribution in [0.25, 0.3) is 0 Å². The second kappa shape index (κ2) is 5.77. The van der Waals surface area contributed by atoms with Crippen molar-refractivity contribution < 1.29 is 19.4 Å². The Morgan fingerprint density at radius 2 is 2.00 bits per heavy atom. The van der Waals surface area contributed by atoms with Crippen molar-refractivity contribution in [2.24, 2.45) is 11.7 Å². The van der Waals surface area contributed by atoms with Crippen LogP contribution in [-0.4, -0.2) is 34.9 Å². The lowest BCUT2D eigenvalue weighted by Gasteiger charge is -2.47. The van der Waals surface area contributed by atoms with Crippen LogP contribution in [-0.2, 0) is 9.53 Å². The van der Waals surface area contributed by atoms with Gasteiger partial charge in [-0.15, -0.1) is 0 Å². The van der Waals surface area contributed by atoms with Gasteiger partial charge in [-0.3, -0.25) is 4.79 Å². The molecule has 0 radical (unpaired) electrons. The zero-order valence-electron chi connectivity index (χ0n) is 11.9. The van der Waals surface area contributed by atoms with Gasteiger partial charge in [-0.2, -0.15) is 0 Å². The van der Waals surface area contributed by atoms with Crippen LogP contribution < -0.4 is 11.1 Å². The van der Waals surface area contributed by atoms with Crippen LogP contribution in [0.4, 0.5) is 4.79 Å². The van der Waals surface area contributed by atoms with E-state index in [4.69, 9.17) is 15.6 Å². The van der Waals surface area contributed by atoms with Crippen LogP contribution in [0.15, 0.2) is 0 Å². The minimum atomic E-state index is -0.896. The fourth-order valence-electron chi connectivity index (χ4n) is 2.41. The first-order valence-corrected chi connectivity index (χ1v) is 6.61. The van der Waals surface area contributed by atoms with E-state index >= 15 is 0 Å². The Labute approximate surface area is 113 Å². The van der Waals surface area contributed by atoms with Gasteiger partial charge in [0.2, 0.25) is 0 Å². The number of carbonyl (C=O) groups is 2. The highest BCUT2D eigenvalue weighted by molar-refractivity contribution is 5.70. The van der Waals surface area contributed by atoms with E-state index in [-0.39, 0.29) is 18.9 Å². The summed E-state index contributed by atoms with van der Waals surface area (Å²) >= 11 is 0. The van der Waals surface area contributed by atoms with E-state index in [0.717, 1.165) is 19.3 Å². The summed E-state index contributed by atoms with van der Waals surface area (Å²) in [6.07, 6.45) is 1.93. The third-order valence-corrected chi connectivity index (χ3v) is 3.48. The molecule has 0 aromatic carbocycles. The number of ether oxygens (including phenoxy) is 1. The molecule has 1 fully saturated rings. The van der Waals surface area contributed by atoms with Crippen LogP contribution >= 0.6 is 0 Å². The van der Waals surface area contributed by atoms with Gasteiger partial charge in [0.1, 0.15) is 5.60 Å². The zero-order chi connectivity index (χ0) is 14.7. The van der Waals surface area contributed by atoms with Gasteiger partial charge in [0.05, 0.1) is 6.42 Å². The van der Waals surface area contributed by atoms with Crippen molar-refractivity contribution in [3.63, 3.8) is 0 Å². The minimum Gasteiger partial charge on any atom is -0.481 e. The topological polar surface area (TPSA) is 102 Å². The summed E-state index contributed by atoms with van der Waals surface area (Å²) in [5.74, 6) is -1.15. The van der Waals surface area contributed by atoms with Crippen LogP contribution in [0, 0.1) is 5.92 Å². The molecular formula is C13H24N2O4. The number of nitrogens with one attached hydrogen (secondary N) is 1. The smallest absolute Gasteiger partial charge is 0.408 e. The molecule has 0 heterocycles. The molecule has 1 rings (SSSR count). The lowest BCUT2D eigenvalue weighted by atomic mass is 9.67. The number of hydrogen-bond donors (Lipinski definition) is 3. The fourth-order valence-corrected chi connectivity index (χ4v) is 2.41. The molecule has 0 spiro atoms. The van der Waals surface area contributed by atoms with E-state index in [9.17, 15) is 9.59 Å². The van der Waals surface area contributed by atoms with Crippen LogP contribution in [0.5, 0.6) is 0 Å². The van der Waals surface area contributed by atoms with Gasteiger partial charge in [0.25, 0.3) is 0 Å². The maximum Gasteiger partial charge on any atom is 0.408 e. The van der Waals surface area contributed by atoms with Crippen LogP contribution in [0.1, 0.15) is 46.5 Å². The van der Waals surface area contributed by atoms with Gasteiger partial charge in [-0.25, -0.2) is 4.79 Å². The second-order valence-electron chi connectivity index (χ2n) is 6.17.